The maximum absolute atomic E-state index is 10.8. The number of carboxylic acids is 1. The Hall–Kier alpha value is -1.94. The topological polar surface area (TPSA) is 133 Å². The Balaban J connectivity index is 1.68. The molecule has 1 heterocycles. The Morgan fingerprint density at radius 1 is 1.06 bits per heavy atom. The largest absolute Gasteiger partial charge is 0.480 e. The van der Waals surface area contributed by atoms with Crippen LogP contribution >= 0.6 is 11.8 Å². The van der Waals surface area contributed by atoms with Gasteiger partial charge in [-0.15, -0.1) is 11.8 Å². The number of hydrogen-bond donors (Lipinski definition) is 5. The quantitative estimate of drug-likeness (QED) is 0.373. The molecule has 0 amide bonds. The van der Waals surface area contributed by atoms with Gasteiger partial charge in [0, 0.05) is 0 Å². The summed E-state index contributed by atoms with van der Waals surface area (Å²) in [4.78, 5) is 10.8. The second kappa shape index (κ2) is 11.5. The molecule has 1 aliphatic rings. The fourth-order valence-corrected chi connectivity index (χ4v) is 4.74. The van der Waals surface area contributed by atoms with Crippen molar-refractivity contribution in [3.63, 3.8) is 0 Å². The van der Waals surface area contributed by atoms with Crippen molar-refractivity contribution in [2.75, 3.05) is 6.26 Å². The number of carbonyl (C=O) groups is 1. The third kappa shape index (κ3) is 6.35. The summed E-state index contributed by atoms with van der Waals surface area (Å²) < 4.78 is 5.90. The van der Waals surface area contributed by atoms with Gasteiger partial charge in [0.25, 0.3) is 0 Å². The maximum Gasteiger partial charge on any atom is 0.320 e. The molecule has 0 bridgehead atoms. The van der Waals surface area contributed by atoms with E-state index in [0.29, 0.717) is 12.8 Å². The highest BCUT2D eigenvalue weighted by molar-refractivity contribution is 7.99. The Labute approximate surface area is 198 Å². The molecule has 3 rings (SSSR count). The van der Waals surface area contributed by atoms with E-state index < -0.39 is 41.9 Å². The van der Waals surface area contributed by atoms with Crippen molar-refractivity contribution in [3.8, 4) is 0 Å². The minimum atomic E-state index is -1.27. The van der Waals surface area contributed by atoms with Crippen LogP contribution in [-0.2, 0) is 22.4 Å². The van der Waals surface area contributed by atoms with Crippen molar-refractivity contribution in [2.24, 2.45) is 5.73 Å². The molecule has 0 spiro atoms. The highest BCUT2D eigenvalue weighted by Crippen LogP contribution is 2.36. The molecule has 33 heavy (non-hydrogen) atoms. The second-order valence-corrected chi connectivity index (χ2v) is 9.58. The average molecular weight is 476 g/mol. The fourth-order valence-electron chi connectivity index (χ4n) is 4.07. The van der Waals surface area contributed by atoms with Crippen LogP contribution in [0.1, 0.15) is 46.8 Å². The first kappa shape index (κ1) is 25.7. The molecule has 0 unspecified atom stereocenters. The third-order valence-corrected chi connectivity index (χ3v) is 7.07. The Morgan fingerprint density at radius 2 is 1.73 bits per heavy atom. The molecular weight excluding hydrogens is 442 g/mol. The Kier molecular flexibility index (Phi) is 8.92. The average Bonchev–Trinajstić information content (AvgIpc) is 2.80. The summed E-state index contributed by atoms with van der Waals surface area (Å²) in [7, 11) is 0. The number of ether oxygens (including phenoxy) is 1. The summed E-state index contributed by atoms with van der Waals surface area (Å²) >= 11 is 1.30. The van der Waals surface area contributed by atoms with E-state index in [1.54, 1.807) is 6.26 Å². The summed E-state index contributed by atoms with van der Waals surface area (Å²) in [6.07, 6.45) is 0.0723. The molecule has 0 radical (unpaired) electrons. The van der Waals surface area contributed by atoms with Crippen molar-refractivity contribution in [1.29, 1.82) is 0 Å². The van der Waals surface area contributed by atoms with E-state index >= 15 is 0 Å². The van der Waals surface area contributed by atoms with E-state index in [9.17, 15) is 20.1 Å². The molecule has 2 aromatic rings. The van der Waals surface area contributed by atoms with E-state index in [4.69, 9.17) is 15.6 Å². The number of rotatable bonds is 9. The molecule has 0 saturated carbocycles. The SMILES string of the molecule is CS[C@H]1O[C@@H](c2ccc(C)c(Cc3ccc(CCC[C@H](N)C(=O)O)cc3)c2)[C@H](O)[C@@H](O)[C@@H]1O. The predicted octanol–water partition coefficient (Wildman–Crippen LogP) is 2.16. The Morgan fingerprint density at radius 3 is 2.36 bits per heavy atom. The number of aliphatic carboxylic acids is 1. The van der Waals surface area contributed by atoms with Gasteiger partial charge in [-0.25, -0.2) is 0 Å². The number of nitrogens with two attached hydrogens (primary N) is 1. The summed E-state index contributed by atoms with van der Waals surface area (Å²) in [5.41, 5.74) is 10.2. The number of hydrogen-bond acceptors (Lipinski definition) is 7. The molecule has 8 heteroatoms. The highest BCUT2D eigenvalue weighted by Gasteiger charge is 2.44. The van der Waals surface area contributed by atoms with Gasteiger partial charge in [0.1, 0.15) is 35.9 Å². The minimum absolute atomic E-state index is 0.446. The van der Waals surface area contributed by atoms with Crippen LogP contribution in [0.5, 0.6) is 0 Å². The molecular formula is C25H33NO6S. The highest BCUT2D eigenvalue weighted by atomic mass is 32.2. The number of carboxylic acid groups (broad SMARTS) is 1. The molecule has 0 aliphatic carbocycles. The molecule has 1 aliphatic heterocycles. The standard InChI is InChI=1S/C25H33NO6S/c1-14-6-11-17(23-21(28)20(27)22(29)25(32-23)33-2)13-18(14)12-16-9-7-15(8-10-16)4-3-5-19(26)24(30)31/h6-11,13,19-23,25,27-29H,3-5,12,26H2,1-2H3,(H,30,31)/t19-,20+,21+,22-,23-,25+/m0/s1. The third-order valence-electron chi connectivity index (χ3n) is 6.22. The number of aliphatic hydroxyl groups is 3. The van der Waals surface area contributed by atoms with Crippen LogP contribution in [0.4, 0.5) is 0 Å². The fraction of sp³-hybridized carbons (Fsp3) is 0.480. The van der Waals surface area contributed by atoms with Crippen LogP contribution in [0.15, 0.2) is 42.5 Å². The lowest BCUT2D eigenvalue weighted by atomic mass is 9.91. The van der Waals surface area contributed by atoms with Gasteiger partial charge in [-0.1, -0.05) is 42.5 Å². The van der Waals surface area contributed by atoms with Gasteiger partial charge < -0.3 is 30.9 Å². The van der Waals surface area contributed by atoms with Gasteiger partial charge in [-0.05, 0) is 66.7 Å². The number of aliphatic hydroxyl groups excluding tert-OH is 3. The van der Waals surface area contributed by atoms with Crippen LogP contribution < -0.4 is 5.73 Å². The molecule has 6 N–H and O–H groups in total. The van der Waals surface area contributed by atoms with Gasteiger partial charge in [0.2, 0.25) is 0 Å². The number of thioether (sulfide) groups is 1. The van der Waals surface area contributed by atoms with Crippen molar-refractivity contribution in [2.45, 2.75) is 68.5 Å². The lowest BCUT2D eigenvalue weighted by Gasteiger charge is -2.40. The molecule has 1 fully saturated rings. The first-order chi connectivity index (χ1) is 15.7. The predicted molar refractivity (Wildman–Crippen MR) is 128 cm³/mol. The van der Waals surface area contributed by atoms with Crippen molar-refractivity contribution in [1.82, 2.24) is 0 Å². The van der Waals surface area contributed by atoms with E-state index in [1.807, 2.05) is 25.1 Å². The van der Waals surface area contributed by atoms with Gasteiger partial charge in [0.05, 0.1) is 0 Å². The monoisotopic (exact) mass is 475 g/mol. The Bertz CT molecular complexity index is 935. The molecule has 180 valence electrons. The molecule has 6 atom stereocenters. The van der Waals surface area contributed by atoms with Crippen LogP contribution in [0, 0.1) is 6.92 Å². The summed E-state index contributed by atoms with van der Waals surface area (Å²) in [5, 5.41) is 39.7. The van der Waals surface area contributed by atoms with Crippen LogP contribution in [-0.4, -0.2) is 62.4 Å². The van der Waals surface area contributed by atoms with Crippen LogP contribution in [0.2, 0.25) is 0 Å². The van der Waals surface area contributed by atoms with E-state index in [1.165, 1.54) is 11.8 Å². The van der Waals surface area contributed by atoms with Crippen molar-refractivity contribution in [3.05, 3.63) is 70.3 Å². The van der Waals surface area contributed by atoms with Gasteiger partial charge in [-0.2, -0.15) is 0 Å². The summed E-state index contributed by atoms with van der Waals surface area (Å²) in [5.74, 6) is -0.969. The van der Waals surface area contributed by atoms with Gasteiger partial charge in [0.15, 0.2) is 0 Å². The maximum atomic E-state index is 10.8. The second-order valence-electron chi connectivity index (χ2n) is 8.65. The normalized spacial score (nSPS) is 26.2. The minimum Gasteiger partial charge on any atom is -0.480 e. The lowest BCUT2D eigenvalue weighted by Crippen LogP contribution is -2.52. The van der Waals surface area contributed by atoms with Gasteiger partial charge in [-0.3, -0.25) is 4.79 Å². The molecule has 1 saturated heterocycles. The lowest BCUT2D eigenvalue weighted by molar-refractivity contribution is -0.200. The zero-order chi connectivity index (χ0) is 24.1. The van der Waals surface area contributed by atoms with Crippen LogP contribution in [0.3, 0.4) is 0 Å². The summed E-state index contributed by atoms with van der Waals surface area (Å²) in [6.45, 7) is 2.03. The zero-order valence-corrected chi connectivity index (χ0v) is 19.7. The molecule has 7 nitrogen and oxygen atoms in total. The van der Waals surface area contributed by atoms with E-state index in [-0.39, 0.29) is 0 Å². The van der Waals surface area contributed by atoms with Crippen LogP contribution in [0.25, 0.3) is 0 Å². The molecule has 0 aromatic heterocycles. The van der Waals surface area contributed by atoms with Crippen molar-refractivity contribution < 1.29 is 30.0 Å². The smallest absolute Gasteiger partial charge is 0.320 e. The first-order valence-corrected chi connectivity index (χ1v) is 12.4. The van der Waals surface area contributed by atoms with E-state index in [0.717, 1.165) is 40.7 Å². The first-order valence-electron chi connectivity index (χ1n) is 11.1. The van der Waals surface area contributed by atoms with Gasteiger partial charge >= 0.3 is 5.97 Å². The molecule has 2 aromatic carbocycles. The number of benzene rings is 2. The summed E-state index contributed by atoms with van der Waals surface area (Å²) in [6, 6.07) is 13.3. The zero-order valence-electron chi connectivity index (χ0n) is 18.9. The van der Waals surface area contributed by atoms with Crippen molar-refractivity contribution >= 4 is 17.7 Å². The number of aryl methyl sites for hydroxylation is 2. The van der Waals surface area contributed by atoms with E-state index in [2.05, 4.69) is 24.3 Å².